The molecule has 2 aromatic heterocycles. The normalized spacial score (nSPS) is 9.60. The van der Waals surface area contributed by atoms with Crippen molar-refractivity contribution in [2.75, 3.05) is 42.5 Å². The van der Waals surface area contributed by atoms with Crippen molar-refractivity contribution in [1.29, 1.82) is 0 Å². The van der Waals surface area contributed by atoms with Gasteiger partial charge in [0.2, 0.25) is 11.9 Å². The van der Waals surface area contributed by atoms with Gasteiger partial charge in [0.1, 0.15) is 22.5 Å². The van der Waals surface area contributed by atoms with E-state index in [1.165, 1.54) is 6.20 Å². The topological polar surface area (TPSA) is 186 Å². The van der Waals surface area contributed by atoms with E-state index in [0.717, 1.165) is 15.9 Å². The Kier molecular flexibility index (Phi) is 10.6. The van der Waals surface area contributed by atoms with E-state index < -0.39 is 0 Å². The largest absolute Gasteiger partial charge is 0.495 e. The first-order chi connectivity index (χ1) is 16.7. The van der Waals surface area contributed by atoms with Gasteiger partial charge in [-0.05, 0) is 48.5 Å². The van der Waals surface area contributed by atoms with Crippen LogP contribution in [0.2, 0.25) is 5.15 Å². The van der Waals surface area contributed by atoms with E-state index in [4.69, 9.17) is 44.0 Å². The second-order valence-electron chi connectivity index (χ2n) is 6.51. The molecule has 0 radical (unpaired) electrons. The van der Waals surface area contributed by atoms with Gasteiger partial charge in [0.25, 0.3) is 0 Å². The zero-order chi connectivity index (χ0) is 25.8. The molecule has 0 amide bonds. The molecule has 4 rings (SSSR count). The van der Waals surface area contributed by atoms with Crippen molar-refractivity contribution in [2.45, 2.75) is 0 Å². The molecule has 2 aromatic carbocycles. The van der Waals surface area contributed by atoms with Crippen LogP contribution in [-0.4, -0.2) is 34.2 Å². The molecule has 2 heterocycles. The monoisotopic (exact) mass is 561 g/mol. The van der Waals surface area contributed by atoms with Crippen molar-refractivity contribution < 1.29 is 9.47 Å². The van der Waals surface area contributed by atoms with E-state index in [2.05, 4.69) is 41.2 Å². The van der Waals surface area contributed by atoms with Crippen LogP contribution < -0.4 is 37.7 Å². The quantitative estimate of drug-likeness (QED) is 0.178. The number of hydrogen-bond acceptors (Lipinski definition) is 11. The molecular formula is C22H25BrClN9O2. The van der Waals surface area contributed by atoms with E-state index >= 15 is 0 Å². The van der Waals surface area contributed by atoms with Crippen molar-refractivity contribution in [1.82, 2.24) is 19.9 Å². The molecule has 0 unspecified atom stereocenters. The van der Waals surface area contributed by atoms with Crippen LogP contribution in [0.25, 0.3) is 0 Å². The maximum atomic E-state index is 5.53. The zero-order valence-electron chi connectivity index (χ0n) is 18.9. The highest BCUT2D eigenvalue weighted by Crippen LogP contribution is 2.30. The number of nitrogen functional groups attached to an aromatic ring is 4. The number of anilines is 6. The molecule has 0 fully saturated rings. The number of nitrogens with zero attached hydrogens (tertiary/aromatic N) is 4. The number of ether oxygens (including phenoxy) is 2. The second kappa shape index (κ2) is 13.6. The van der Waals surface area contributed by atoms with E-state index in [9.17, 15) is 0 Å². The molecule has 4 aromatic rings. The molecule has 13 heteroatoms. The summed E-state index contributed by atoms with van der Waals surface area (Å²) in [5, 5.41) is 3.49. The van der Waals surface area contributed by atoms with Crippen LogP contribution in [0.5, 0.6) is 11.5 Å². The summed E-state index contributed by atoms with van der Waals surface area (Å²) < 4.78 is 11.1. The number of rotatable bonds is 4. The smallest absolute Gasteiger partial charge is 0.221 e. The lowest BCUT2D eigenvalue weighted by Gasteiger charge is -2.10. The Morgan fingerprint density at radius 2 is 1.43 bits per heavy atom. The van der Waals surface area contributed by atoms with E-state index in [0.29, 0.717) is 28.1 Å². The van der Waals surface area contributed by atoms with E-state index in [1.54, 1.807) is 50.7 Å². The van der Waals surface area contributed by atoms with Crippen molar-refractivity contribution in [3.63, 3.8) is 0 Å². The van der Waals surface area contributed by atoms with E-state index in [1.807, 2.05) is 18.2 Å². The number of nitrogens with two attached hydrogens (primary N) is 4. The first kappa shape index (κ1) is 27.2. The van der Waals surface area contributed by atoms with Crippen molar-refractivity contribution in [2.24, 2.45) is 0 Å². The average molecular weight is 563 g/mol. The zero-order valence-corrected chi connectivity index (χ0v) is 21.3. The Bertz CT molecular complexity index is 1230. The lowest BCUT2D eigenvalue weighted by atomic mass is 10.2. The highest BCUT2D eigenvalue weighted by atomic mass is 79.9. The predicted octanol–water partition coefficient (Wildman–Crippen LogP) is 4.15. The second-order valence-corrected chi connectivity index (χ2v) is 7.81. The summed E-state index contributed by atoms with van der Waals surface area (Å²) >= 11 is 8.81. The summed E-state index contributed by atoms with van der Waals surface area (Å²) in [6.45, 7) is 0. The molecule has 0 atom stereocenters. The van der Waals surface area contributed by atoms with Crippen LogP contribution in [0.3, 0.4) is 0 Å². The summed E-state index contributed by atoms with van der Waals surface area (Å²) in [6.07, 6.45) is 3.10. The van der Waals surface area contributed by atoms with Crippen LogP contribution in [0, 0.1) is 0 Å². The highest BCUT2D eigenvalue weighted by molar-refractivity contribution is 9.10. The van der Waals surface area contributed by atoms with Gasteiger partial charge in [0.15, 0.2) is 0 Å². The van der Waals surface area contributed by atoms with Crippen LogP contribution in [-0.2, 0) is 0 Å². The fraction of sp³-hybridized carbons (Fsp3) is 0.0909. The molecule has 35 heavy (non-hydrogen) atoms. The van der Waals surface area contributed by atoms with Crippen molar-refractivity contribution in [3.8, 4) is 11.5 Å². The predicted molar refractivity (Wildman–Crippen MR) is 144 cm³/mol. The molecule has 0 bridgehead atoms. The number of halogens is 2. The van der Waals surface area contributed by atoms with Gasteiger partial charge in [-0.1, -0.05) is 27.5 Å². The molecular weight excluding hydrogens is 538 g/mol. The summed E-state index contributed by atoms with van der Waals surface area (Å²) in [6, 6.07) is 14.1. The number of nitrogens with one attached hydrogen (secondary N) is 1. The standard InChI is InChI=1S/C11H11BrN4O.C7H10N2O.C4H4ClN3/c1-17-9-3-2-7(12)6-8(9)15-10-4-5-14-11(13)16-10;1-10-7-3-2-5(8)4-6(7)9;5-3-1-2-7-4(6)8-3/h2-6H,1H3,(H3,13,14,15,16);2-4H,8-9H2,1H3;1-2H,(H2,6,7,8). The van der Waals surface area contributed by atoms with Gasteiger partial charge in [-0.2, -0.15) is 4.98 Å². The third-order valence-corrected chi connectivity index (χ3v) is 4.70. The number of hydrogen-bond donors (Lipinski definition) is 5. The molecule has 0 aliphatic rings. The molecule has 9 N–H and O–H groups in total. The maximum absolute atomic E-state index is 5.53. The summed E-state index contributed by atoms with van der Waals surface area (Å²) in [4.78, 5) is 15.1. The molecule has 0 saturated heterocycles. The molecule has 0 aliphatic carbocycles. The Morgan fingerprint density at radius 1 is 0.800 bits per heavy atom. The van der Waals surface area contributed by atoms with Gasteiger partial charge in [-0.25, -0.2) is 15.0 Å². The molecule has 11 nitrogen and oxygen atoms in total. The number of aromatic nitrogens is 4. The average Bonchev–Trinajstić information content (AvgIpc) is 2.80. The lowest BCUT2D eigenvalue weighted by Crippen LogP contribution is -2.00. The first-order valence-electron chi connectivity index (χ1n) is 9.84. The fourth-order valence-corrected chi connectivity index (χ4v) is 2.97. The van der Waals surface area contributed by atoms with Crippen LogP contribution in [0.4, 0.5) is 34.8 Å². The molecule has 0 spiro atoms. The van der Waals surface area contributed by atoms with Gasteiger partial charge in [-0.3, -0.25) is 0 Å². The first-order valence-corrected chi connectivity index (χ1v) is 11.0. The highest BCUT2D eigenvalue weighted by Gasteiger charge is 2.05. The molecule has 184 valence electrons. The number of benzene rings is 2. The van der Waals surface area contributed by atoms with E-state index in [-0.39, 0.29) is 11.9 Å². The van der Waals surface area contributed by atoms with Crippen LogP contribution in [0.15, 0.2) is 65.4 Å². The van der Waals surface area contributed by atoms with Crippen LogP contribution in [0.1, 0.15) is 0 Å². The minimum atomic E-state index is 0.206. The number of methoxy groups -OCH3 is 2. The lowest BCUT2D eigenvalue weighted by molar-refractivity contribution is 0.416. The van der Waals surface area contributed by atoms with Crippen molar-refractivity contribution in [3.05, 3.63) is 70.6 Å². The third kappa shape index (κ3) is 9.39. The maximum Gasteiger partial charge on any atom is 0.221 e. The Labute approximate surface area is 216 Å². The Morgan fingerprint density at radius 3 is 1.97 bits per heavy atom. The van der Waals surface area contributed by atoms with Gasteiger partial charge < -0.3 is 37.7 Å². The van der Waals surface area contributed by atoms with Gasteiger partial charge in [0, 0.05) is 22.6 Å². The van der Waals surface area contributed by atoms with Crippen LogP contribution >= 0.6 is 27.5 Å². The third-order valence-electron chi connectivity index (χ3n) is 3.99. The Hall–Kier alpha value is -4.03. The van der Waals surface area contributed by atoms with Gasteiger partial charge in [-0.15, -0.1) is 0 Å². The summed E-state index contributed by atoms with van der Waals surface area (Å²) in [5.74, 6) is 2.44. The minimum Gasteiger partial charge on any atom is -0.495 e. The van der Waals surface area contributed by atoms with Gasteiger partial charge >= 0.3 is 0 Å². The Balaban J connectivity index is 0.000000204. The minimum absolute atomic E-state index is 0.206. The SMILES string of the molecule is COc1ccc(Br)cc1Nc1ccnc(N)n1.COc1ccc(N)cc1N.Nc1nccc(Cl)n1. The molecule has 0 saturated carbocycles. The summed E-state index contributed by atoms with van der Waals surface area (Å²) in [7, 11) is 3.19. The molecule has 0 aliphatic heterocycles. The van der Waals surface area contributed by atoms with Crippen molar-refractivity contribution >= 4 is 62.3 Å². The summed E-state index contributed by atoms with van der Waals surface area (Å²) in [5.41, 5.74) is 23.7. The fourth-order valence-electron chi connectivity index (χ4n) is 2.46. The van der Waals surface area contributed by atoms with Gasteiger partial charge in [0.05, 0.1) is 25.6 Å².